The van der Waals surface area contributed by atoms with Gasteiger partial charge in [0.1, 0.15) is 0 Å². The number of carbonyl (C=O) groups is 1. The molecule has 134 valence electrons. The van der Waals surface area contributed by atoms with E-state index in [9.17, 15) is 13.2 Å². The Kier molecular flexibility index (Phi) is 5.71. The van der Waals surface area contributed by atoms with Crippen molar-refractivity contribution in [3.05, 3.63) is 35.4 Å². The molecule has 1 fully saturated rings. The summed E-state index contributed by atoms with van der Waals surface area (Å²) in [6.45, 7) is 9.79. The third kappa shape index (κ3) is 5.31. The molecule has 0 unspecified atom stereocenters. The van der Waals surface area contributed by atoms with Crippen molar-refractivity contribution in [1.29, 1.82) is 0 Å². The minimum absolute atomic E-state index is 0.0171. The third-order valence-corrected chi connectivity index (χ3v) is 5.99. The number of aryl methyl sites for hydroxylation is 1. The normalized spacial score (nSPS) is 17.1. The van der Waals surface area contributed by atoms with E-state index in [2.05, 4.69) is 0 Å². The van der Waals surface area contributed by atoms with E-state index in [0.29, 0.717) is 32.6 Å². The molecule has 1 aromatic rings. The second-order valence-electron chi connectivity index (χ2n) is 7.76. The first-order chi connectivity index (χ1) is 11.1. The van der Waals surface area contributed by atoms with Crippen molar-refractivity contribution in [1.82, 2.24) is 9.21 Å². The first-order valence-corrected chi connectivity index (χ1v) is 9.99. The van der Waals surface area contributed by atoms with Crippen LogP contribution in [-0.4, -0.2) is 49.7 Å². The zero-order chi connectivity index (χ0) is 18.0. The smallest absolute Gasteiger partial charge is 0.223 e. The lowest BCUT2D eigenvalue weighted by Crippen LogP contribution is -2.51. The molecule has 24 heavy (non-hydrogen) atoms. The molecule has 1 saturated heterocycles. The zero-order valence-corrected chi connectivity index (χ0v) is 15.9. The molecular weight excluding hydrogens is 324 g/mol. The molecule has 1 heterocycles. The summed E-state index contributed by atoms with van der Waals surface area (Å²) in [5.41, 5.74) is 1.86. The molecule has 5 nitrogen and oxygen atoms in total. The van der Waals surface area contributed by atoms with Crippen LogP contribution in [-0.2, 0) is 20.6 Å². The monoisotopic (exact) mass is 352 g/mol. The molecule has 0 spiro atoms. The lowest BCUT2D eigenvalue weighted by Gasteiger charge is -2.35. The predicted octanol–water partition coefficient (Wildman–Crippen LogP) is 2.41. The van der Waals surface area contributed by atoms with Crippen LogP contribution in [0.15, 0.2) is 24.3 Å². The van der Waals surface area contributed by atoms with Crippen LogP contribution >= 0.6 is 0 Å². The number of amides is 1. The summed E-state index contributed by atoms with van der Waals surface area (Å²) >= 11 is 0. The summed E-state index contributed by atoms with van der Waals surface area (Å²) in [4.78, 5) is 14.0. The van der Waals surface area contributed by atoms with Gasteiger partial charge in [-0.3, -0.25) is 4.79 Å². The van der Waals surface area contributed by atoms with Gasteiger partial charge in [0.2, 0.25) is 15.9 Å². The SMILES string of the molecule is Cc1ccc(CS(=O)(=O)N2CCN(C(=O)CC(C)(C)C)CC2)cc1. The van der Waals surface area contributed by atoms with E-state index in [1.807, 2.05) is 52.0 Å². The third-order valence-electron chi connectivity index (χ3n) is 4.14. The summed E-state index contributed by atoms with van der Waals surface area (Å²) in [5.74, 6) is 0.126. The number of hydrogen-bond acceptors (Lipinski definition) is 3. The minimum Gasteiger partial charge on any atom is -0.340 e. The van der Waals surface area contributed by atoms with Crippen LogP contribution in [0.1, 0.15) is 38.3 Å². The number of hydrogen-bond donors (Lipinski definition) is 0. The average Bonchev–Trinajstić information content (AvgIpc) is 2.48. The van der Waals surface area contributed by atoms with E-state index in [1.165, 1.54) is 4.31 Å². The van der Waals surface area contributed by atoms with Crippen LogP contribution in [0.25, 0.3) is 0 Å². The maximum absolute atomic E-state index is 12.6. The molecule has 1 amide bonds. The lowest BCUT2D eigenvalue weighted by atomic mass is 9.91. The first-order valence-electron chi connectivity index (χ1n) is 8.38. The molecule has 0 N–H and O–H groups in total. The highest BCUT2D eigenvalue weighted by molar-refractivity contribution is 7.88. The van der Waals surface area contributed by atoms with Crippen LogP contribution in [0.5, 0.6) is 0 Å². The molecule has 6 heteroatoms. The van der Waals surface area contributed by atoms with Crippen LogP contribution < -0.4 is 0 Å². The second-order valence-corrected chi connectivity index (χ2v) is 9.73. The number of sulfonamides is 1. The van der Waals surface area contributed by atoms with Gasteiger partial charge in [-0.15, -0.1) is 0 Å². The molecule has 0 bridgehead atoms. The summed E-state index contributed by atoms with van der Waals surface area (Å²) in [5, 5.41) is 0. The maximum atomic E-state index is 12.6. The van der Waals surface area contributed by atoms with Crippen molar-refractivity contribution < 1.29 is 13.2 Å². The molecule has 1 aliphatic rings. The van der Waals surface area contributed by atoms with E-state index < -0.39 is 10.0 Å². The Morgan fingerprint density at radius 3 is 2.08 bits per heavy atom. The first kappa shape index (κ1) is 18.9. The number of rotatable bonds is 4. The van der Waals surface area contributed by atoms with E-state index in [4.69, 9.17) is 0 Å². The molecule has 0 saturated carbocycles. The lowest BCUT2D eigenvalue weighted by molar-refractivity contribution is -0.134. The summed E-state index contributed by atoms with van der Waals surface area (Å²) in [6, 6.07) is 7.56. The quantitative estimate of drug-likeness (QED) is 0.836. The van der Waals surface area contributed by atoms with Crippen molar-refractivity contribution in [3.8, 4) is 0 Å². The average molecular weight is 353 g/mol. The Morgan fingerprint density at radius 2 is 1.58 bits per heavy atom. The number of nitrogens with zero attached hydrogens (tertiary/aromatic N) is 2. The van der Waals surface area contributed by atoms with Crippen molar-refractivity contribution in [2.75, 3.05) is 26.2 Å². The van der Waals surface area contributed by atoms with Gasteiger partial charge in [0, 0.05) is 32.6 Å². The highest BCUT2D eigenvalue weighted by Crippen LogP contribution is 2.21. The fourth-order valence-corrected chi connectivity index (χ4v) is 4.28. The van der Waals surface area contributed by atoms with Gasteiger partial charge in [-0.1, -0.05) is 50.6 Å². The van der Waals surface area contributed by atoms with Crippen molar-refractivity contribution >= 4 is 15.9 Å². The molecule has 0 aliphatic carbocycles. The molecule has 1 aliphatic heterocycles. The van der Waals surface area contributed by atoms with E-state index in [0.717, 1.165) is 11.1 Å². The number of carbonyl (C=O) groups excluding carboxylic acids is 1. The van der Waals surface area contributed by atoms with Gasteiger partial charge in [-0.25, -0.2) is 8.42 Å². The summed E-state index contributed by atoms with van der Waals surface area (Å²) < 4.78 is 26.6. The molecule has 2 rings (SSSR count). The fourth-order valence-electron chi connectivity index (χ4n) is 2.77. The molecule has 0 radical (unpaired) electrons. The van der Waals surface area contributed by atoms with Gasteiger partial charge in [0.05, 0.1) is 5.75 Å². The molecule has 0 aromatic heterocycles. The van der Waals surface area contributed by atoms with Crippen LogP contribution in [0.3, 0.4) is 0 Å². The largest absolute Gasteiger partial charge is 0.340 e. The Morgan fingerprint density at radius 1 is 1.04 bits per heavy atom. The van der Waals surface area contributed by atoms with Crippen molar-refractivity contribution in [2.24, 2.45) is 5.41 Å². The van der Waals surface area contributed by atoms with Gasteiger partial charge in [0.15, 0.2) is 0 Å². The standard InChI is InChI=1S/C18H28N2O3S/c1-15-5-7-16(8-6-15)14-24(22,23)20-11-9-19(10-12-20)17(21)13-18(2,3)4/h5-8H,9-14H2,1-4H3. The topological polar surface area (TPSA) is 57.7 Å². The number of piperazine rings is 1. The van der Waals surface area contributed by atoms with Gasteiger partial charge < -0.3 is 4.90 Å². The number of benzene rings is 1. The highest BCUT2D eigenvalue weighted by atomic mass is 32.2. The summed E-state index contributed by atoms with van der Waals surface area (Å²) in [6.07, 6.45) is 0.489. The Labute approximate surface area is 145 Å². The van der Waals surface area contributed by atoms with Gasteiger partial charge in [-0.05, 0) is 17.9 Å². The Hall–Kier alpha value is -1.40. The molecule has 0 atom stereocenters. The minimum atomic E-state index is -3.34. The van der Waals surface area contributed by atoms with Gasteiger partial charge in [0.25, 0.3) is 0 Å². The predicted molar refractivity (Wildman–Crippen MR) is 96.0 cm³/mol. The van der Waals surface area contributed by atoms with Crippen LogP contribution in [0, 0.1) is 12.3 Å². The molecular formula is C18H28N2O3S. The van der Waals surface area contributed by atoms with Crippen LogP contribution in [0.4, 0.5) is 0 Å². The van der Waals surface area contributed by atoms with E-state index >= 15 is 0 Å². The Balaban J connectivity index is 1.93. The molecule has 1 aromatic carbocycles. The fraction of sp³-hybridized carbons (Fsp3) is 0.611. The highest BCUT2D eigenvalue weighted by Gasteiger charge is 2.30. The summed E-state index contributed by atoms with van der Waals surface area (Å²) in [7, 11) is -3.34. The van der Waals surface area contributed by atoms with E-state index in [-0.39, 0.29) is 17.1 Å². The van der Waals surface area contributed by atoms with Gasteiger partial charge >= 0.3 is 0 Å². The van der Waals surface area contributed by atoms with Crippen molar-refractivity contribution in [2.45, 2.75) is 39.9 Å². The van der Waals surface area contributed by atoms with Crippen molar-refractivity contribution in [3.63, 3.8) is 0 Å². The second kappa shape index (κ2) is 7.23. The Bertz CT molecular complexity index is 667. The van der Waals surface area contributed by atoms with Crippen LogP contribution in [0.2, 0.25) is 0 Å². The van der Waals surface area contributed by atoms with Gasteiger partial charge in [-0.2, -0.15) is 4.31 Å². The zero-order valence-electron chi connectivity index (χ0n) is 15.1. The van der Waals surface area contributed by atoms with E-state index in [1.54, 1.807) is 4.90 Å². The maximum Gasteiger partial charge on any atom is 0.223 e.